The van der Waals surface area contributed by atoms with E-state index in [2.05, 4.69) is 25.3 Å². The van der Waals surface area contributed by atoms with Gasteiger partial charge in [-0.05, 0) is 43.7 Å². The van der Waals surface area contributed by atoms with Crippen LogP contribution in [0, 0.1) is 12.8 Å². The first kappa shape index (κ1) is 17.8. The van der Waals surface area contributed by atoms with E-state index in [-0.39, 0.29) is 12.0 Å². The number of aliphatic hydroxyl groups excluding tert-OH is 1. The molecule has 4 rings (SSSR count). The zero-order chi connectivity index (χ0) is 18.8. The van der Waals surface area contributed by atoms with E-state index in [4.69, 9.17) is 4.74 Å². The molecule has 1 fully saturated rings. The van der Waals surface area contributed by atoms with Crippen LogP contribution in [0.5, 0.6) is 5.75 Å². The fraction of sp³-hybridized carbons (Fsp3) is 0.400. The molecule has 1 aliphatic rings. The lowest BCUT2D eigenvalue weighted by molar-refractivity contribution is 0.140. The van der Waals surface area contributed by atoms with Crippen LogP contribution in [0.2, 0.25) is 0 Å². The highest BCUT2D eigenvalue weighted by molar-refractivity contribution is 5.63. The Kier molecular flexibility index (Phi) is 4.96. The van der Waals surface area contributed by atoms with Gasteiger partial charge in [-0.15, -0.1) is 0 Å². The predicted molar refractivity (Wildman–Crippen MR) is 102 cm³/mol. The Morgan fingerprint density at radius 2 is 2.04 bits per heavy atom. The van der Waals surface area contributed by atoms with E-state index in [1.807, 2.05) is 43.5 Å². The third-order valence-electron chi connectivity index (χ3n) is 5.20. The normalized spacial score (nSPS) is 20.3. The molecule has 0 saturated carbocycles. The number of rotatable bonds is 6. The van der Waals surface area contributed by atoms with E-state index >= 15 is 0 Å². The van der Waals surface area contributed by atoms with Gasteiger partial charge in [-0.3, -0.25) is 15.1 Å². The molecule has 3 N–H and O–H groups in total. The van der Waals surface area contributed by atoms with E-state index in [9.17, 15) is 5.11 Å². The minimum Gasteiger partial charge on any atom is -0.497 e. The molecule has 142 valence electrons. The van der Waals surface area contributed by atoms with Crippen molar-refractivity contribution >= 4 is 0 Å². The summed E-state index contributed by atoms with van der Waals surface area (Å²) in [5, 5.41) is 25.1. The number of hydrogen-bond acceptors (Lipinski definition) is 5. The van der Waals surface area contributed by atoms with Crippen molar-refractivity contribution < 1.29 is 9.84 Å². The Labute approximate surface area is 158 Å². The zero-order valence-electron chi connectivity index (χ0n) is 15.6. The molecule has 0 radical (unpaired) electrons. The average Bonchev–Trinajstić information content (AvgIpc) is 3.37. The second-order valence-corrected chi connectivity index (χ2v) is 7.27. The maximum atomic E-state index is 10.5. The summed E-state index contributed by atoms with van der Waals surface area (Å²) in [6.07, 6.45) is 2.33. The number of aryl methyl sites for hydroxylation is 1. The topological polar surface area (TPSA) is 90.1 Å². The van der Waals surface area contributed by atoms with Crippen molar-refractivity contribution in [3.63, 3.8) is 0 Å². The molecule has 0 spiro atoms. The minimum atomic E-state index is -0.335. The number of methoxy groups -OCH3 is 1. The van der Waals surface area contributed by atoms with Gasteiger partial charge in [0.1, 0.15) is 5.75 Å². The van der Waals surface area contributed by atoms with Crippen molar-refractivity contribution in [1.29, 1.82) is 0 Å². The van der Waals surface area contributed by atoms with Crippen molar-refractivity contribution in [3.8, 4) is 17.0 Å². The van der Waals surface area contributed by atoms with E-state index in [1.165, 1.54) is 0 Å². The van der Waals surface area contributed by atoms with E-state index in [0.717, 1.165) is 53.5 Å². The van der Waals surface area contributed by atoms with Gasteiger partial charge in [0, 0.05) is 42.4 Å². The second kappa shape index (κ2) is 7.54. The SMILES string of the molecule is COc1ccc(-c2[nH]ncc2CN2C[C@@H](Cc3cc(C)[nH]n3)[C@H](O)C2)cc1. The molecule has 1 saturated heterocycles. The molecule has 0 aliphatic carbocycles. The zero-order valence-corrected chi connectivity index (χ0v) is 15.6. The summed E-state index contributed by atoms with van der Waals surface area (Å²) in [7, 11) is 1.66. The molecule has 0 unspecified atom stereocenters. The van der Waals surface area contributed by atoms with Crippen LogP contribution in [0.15, 0.2) is 36.5 Å². The number of aliphatic hydroxyl groups is 1. The van der Waals surface area contributed by atoms with Gasteiger partial charge in [-0.1, -0.05) is 0 Å². The number of ether oxygens (including phenoxy) is 1. The highest BCUT2D eigenvalue weighted by Crippen LogP contribution is 2.27. The maximum absolute atomic E-state index is 10.5. The van der Waals surface area contributed by atoms with Crippen LogP contribution >= 0.6 is 0 Å². The molecular formula is C20H25N5O2. The number of hydrogen-bond donors (Lipinski definition) is 3. The predicted octanol–water partition coefficient (Wildman–Crippen LogP) is 2.15. The van der Waals surface area contributed by atoms with Crippen LogP contribution in [0.3, 0.4) is 0 Å². The number of β-amino-alcohol motifs (C(OH)–C–C–N with tert-alkyl or cyclic N) is 1. The summed E-state index contributed by atoms with van der Waals surface area (Å²) >= 11 is 0. The Balaban J connectivity index is 1.43. The molecule has 0 bridgehead atoms. The minimum absolute atomic E-state index is 0.198. The number of likely N-dealkylation sites (tertiary alicyclic amines) is 1. The van der Waals surface area contributed by atoms with Gasteiger partial charge in [0.15, 0.2) is 0 Å². The number of aromatic nitrogens is 4. The van der Waals surface area contributed by atoms with Crippen molar-refractivity contribution in [1.82, 2.24) is 25.3 Å². The molecule has 1 aromatic carbocycles. The van der Waals surface area contributed by atoms with Crippen LogP contribution in [0.4, 0.5) is 0 Å². The molecule has 2 atom stereocenters. The lowest BCUT2D eigenvalue weighted by Gasteiger charge is -2.15. The first-order valence-corrected chi connectivity index (χ1v) is 9.20. The Hall–Kier alpha value is -2.64. The summed E-state index contributed by atoms with van der Waals surface area (Å²) in [5.41, 5.74) is 5.28. The van der Waals surface area contributed by atoms with Gasteiger partial charge in [-0.2, -0.15) is 10.2 Å². The lowest BCUT2D eigenvalue weighted by atomic mass is 10.0. The highest BCUT2D eigenvalue weighted by atomic mass is 16.5. The fourth-order valence-electron chi connectivity index (χ4n) is 3.80. The van der Waals surface area contributed by atoms with E-state index in [1.54, 1.807) is 7.11 Å². The largest absolute Gasteiger partial charge is 0.497 e. The van der Waals surface area contributed by atoms with Crippen molar-refractivity contribution in [2.24, 2.45) is 5.92 Å². The second-order valence-electron chi connectivity index (χ2n) is 7.27. The number of benzene rings is 1. The standard InChI is InChI=1S/C20H25N5O2/c1-13-7-17(23-22-13)8-15-10-25(12-19(15)26)11-16-9-21-24-20(16)14-3-5-18(27-2)6-4-14/h3-7,9,15,19,26H,8,10-12H2,1-2H3,(H,21,24)(H,22,23)/t15-,19-/m1/s1. The molecule has 3 heterocycles. The van der Waals surface area contributed by atoms with Gasteiger partial charge in [-0.25, -0.2) is 0 Å². The summed E-state index contributed by atoms with van der Waals surface area (Å²) in [5.74, 6) is 1.03. The van der Waals surface area contributed by atoms with Crippen molar-refractivity contribution in [2.75, 3.05) is 20.2 Å². The lowest BCUT2D eigenvalue weighted by Crippen LogP contribution is -2.21. The molecule has 3 aromatic rings. The number of aromatic amines is 2. The molecule has 0 amide bonds. The summed E-state index contributed by atoms with van der Waals surface area (Å²) in [6, 6.07) is 9.99. The molecule has 7 heteroatoms. The maximum Gasteiger partial charge on any atom is 0.118 e. The summed E-state index contributed by atoms with van der Waals surface area (Å²) in [6.45, 7) is 4.26. The van der Waals surface area contributed by atoms with Gasteiger partial charge in [0.2, 0.25) is 0 Å². The van der Waals surface area contributed by atoms with Crippen LogP contribution < -0.4 is 4.74 Å². The van der Waals surface area contributed by atoms with Gasteiger partial charge in [0.05, 0.1) is 30.8 Å². The average molecular weight is 367 g/mol. The Morgan fingerprint density at radius 1 is 1.22 bits per heavy atom. The third-order valence-corrected chi connectivity index (χ3v) is 5.20. The smallest absolute Gasteiger partial charge is 0.118 e. The number of H-pyrrole nitrogens is 2. The summed E-state index contributed by atoms with van der Waals surface area (Å²) in [4.78, 5) is 2.28. The van der Waals surface area contributed by atoms with Crippen LogP contribution in [-0.4, -0.2) is 56.7 Å². The monoisotopic (exact) mass is 367 g/mol. The molecular weight excluding hydrogens is 342 g/mol. The molecule has 27 heavy (non-hydrogen) atoms. The van der Waals surface area contributed by atoms with Crippen LogP contribution in [0.1, 0.15) is 17.0 Å². The van der Waals surface area contributed by atoms with Crippen molar-refractivity contribution in [2.45, 2.75) is 26.0 Å². The quantitative estimate of drug-likeness (QED) is 0.621. The van der Waals surface area contributed by atoms with Gasteiger partial charge in [0.25, 0.3) is 0 Å². The Morgan fingerprint density at radius 3 is 2.74 bits per heavy atom. The van der Waals surface area contributed by atoms with Gasteiger partial charge < -0.3 is 9.84 Å². The number of nitrogens with zero attached hydrogens (tertiary/aromatic N) is 3. The highest BCUT2D eigenvalue weighted by Gasteiger charge is 2.32. The molecule has 1 aliphatic heterocycles. The molecule has 2 aromatic heterocycles. The third kappa shape index (κ3) is 3.89. The fourth-order valence-corrected chi connectivity index (χ4v) is 3.80. The summed E-state index contributed by atoms with van der Waals surface area (Å²) < 4.78 is 5.23. The van der Waals surface area contributed by atoms with Crippen molar-refractivity contribution in [3.05, 3.63) is 53.5 Å². The van der Waals surface area contributed by atoms with Crippen LogP contribution in [-0.2, 0) is 13.0 Å². The Bertz CT molecular complexity index is 886. The van der Waals surface area contributed by atoms with E-state index in [0.29, 0.717) is 6.54 Å². The van der Waals surface area contributed by atoms with Gasteiger partial charge >= 0.3 is 0 Å². The number of nitrogens with one attached hydrogen (secondary N) is 2. The molecule has 7 nitrogen and oxygen atoms in total. The first-order chi connectivity index (χ1) is 13.1. The first-order valence-electron chi connectivity index (χ1n) is 9.20. The van der Waals surface area contributed by atoms with E-state index < -0.39 is 0 Å². The van der Waals surface area contributed by atoms with Crippen LogP contribution in [0.25, 0.3) is 11.3 Å².